The van der Waals surface area contributed by atoms with Crippen molar-refractivity contribution in [3.8, 4) is 5.75 Å². The molecule has 0 unspecified atom stereocenters. The molecule has 0 aromatic heterocycles. The van der Waals surface area contributed by atoms with Crippen LogP contribution in [0.5, 0.6) is 5.75 Å². The zero-order valence-corrected chi connectivity index (χ0v) is 9.03. The Balaban J connectivity index is 3.46. The molecule has 0 aliphatic rings. The number of anilines is 1. The Kier molecular flexibility index (Phi) is 2.44. The van der Waals surface area contributed by atoms with Gasteiger partial charge in [0.15, 0.2) is 0 Å². The summed E-state index contributed by atoms with van der Waals surface area (Å²) in [4.78, 5) is 0. The van der Waals surface area contributed by atoms with Gasteiger partial charge < -0.3 is 10.8 Å². The first-order chi connectivity index (χ1) is 5.04. The second-order valence-corrected chi connectivity index (χ2v) is 3.88. The number of rotatable bonds is 0. The van der Waals surface area contributed by atoms with E-state index in [1.54, 1.807) is 6.07 Å². The molecule has 0 atom stereocenters. The zero-order chi connectivity index (χ0) is 8.59. The summed E-state index contributed by atoms with van der Waals surface area (Å²) in [6.45, 7) is 1.84. The molecular weight excluding hydrogens is 274 g/mol. The number of phenolic OH excluding ortho intramolecular Hbond substituents is 1. The van der Waals surface area contributed by atoms with Gasteiger partial charge in [0.25, 0.3) is 0 Å². The largest absolute Gasteiger partial charge is 0.506 e. The van der Waals surface area contributed by atoms with E-state index in [1.807, 2.05) is 6.92 Å². The number of nitrogens with two attached hydrogens (primary N) is 1. The fourth-order valence-corrected chi connectivity index (χ4v) is 1.88. The summed E-state index contributed by atoms with van der Waals surface area (Å²) in [5, 5.41) is 9.36. The fraction of sp³-hybridized carbons (Fsp3) is 0.143. The van der Waals surface area contributed by atoms with E-state index in [1.165, 1.54) is 0 Å². The minimum absolute atomic E-state index is 0.191. The third-order valence-corrected chi connectivity index (χ3v) is 3.05. The van der Waals surface area contributed by atoms with Crippen LogP contribution in [-0.4, -0.2) is 5.11 Å². The van der Waals surface area contributed by atoms with Crippen LogP contribution in [0.4, 0.5) is 5.69 Å². The van der Waals surface area contributed by atoms with Crippen molar-refractivity contribution >= 4 is 37.5 Å². The lowest BCUT2D eigenvalue weighted by Gasteiger charge is -2.06. The van der Waals surface area contributed by atoms with E-state index in [0.29, 0.717) is 14.6 Å². The molecule has 0 heterocycles. The van der Waals surface area contributed by atoms with Crippen LogP contribution in [0.2, 0.25) is 0 Å². The van der Waals surface area contributed by atoms with Gasteiger partial charge >= 0.3 is 0 Å². The first kappa shape index (κ1) is 8.87. The van der Waals surface area contributed by atoms with Crippen LogP contribution in [0, 0.1) is 6.92 Å². The second-order valence-electron chi connectivity index (χ2n) is 2.24. The number of nitrogen functional groups attached to an aromatic ring is 1. The monoisotopic (exact) mass is 279 g/mol. The van der Waals surface area contributed by atoms with Crippen molar-refractivity contribution in [1.29, 1.82) is 0 Å². The van der Waals surface area contributed by atoms with Crippen LogP contribution < -0.4 is 5.73 Å². The molecule has 0 saturated carbocycles. The smallest absolute Gasteiger partial charge is 0.144 e. The summed E-state index contributed by atoms with van der Waals surface area (Å²) in [6.07, 6.45) is 0. The molecule has 0 fully saturated rings. The summed E-state index contributed by atoms with van der Waals surface area (Å²) in [7, 11) is 0. The van der Waals surface area contributed by atoms with Gasteiger partial charge in [-0.05, 0) is 50.4 Å². The van der Waals surface area contributed by atoms with Crippen molar-refractivity contribution in [2.45, 2.75) is 6.92 Å². The first-order valence-electron chi connectivity index (χ1n) is 2.97. The SMILES string of the molecule is Cc1c(N)cc(Br)c(O)c1Br. The van der Waals surface area contributed by atoms with Gasteiger partial charge in [-0.1, -0.05) is 0 Å². The zero-order valence-electron chi connectivity index (χ0n) is 5.86. The molecule has 0 aliphatic carbocycles. The highest BCUT2D eigenvalue weighted by atomic mass is 79.9. The van der Waals surface area contributed by atoms with E-state index in [-0.39, 0.29) is 5.75 Å². The summed E-state index contributed by atoms with van der Waals surface area (Å²) in [5.41, 5.74) is 7.13. The Morgan fingerprint density at radius 1 is 1.45 bits per heavy atom. The number of hydrogen-bond acceptors (Lipinski definition) is 2. The van der Waals surface area contributed by atoms with Crippen LogP contribution in [0.3, 0.4) is 0 Å². The molecular formula is C7H7Br2NO. The second kappa shape index (κ2) is 3.03. The molecule has 0 radical (unpaired) electrons. The predicted octanol–water partition coefficient (Wildman–Crippen LogP) is 2.81. The number of hydrogen-bond donors (Lipinski definition) is 2. The molecule has 0 amide bonds. The van der Waals surface area contributed by atoms with Gasteiger partial charge in [0.05, 0.1) is 8.95 Å². The molecule has 0 aliphatic heterocycles. The van der Waals surface area contributed by atoms with Crippen LogP contribution in [0.15, 0.2) is 15.0 Å². The molecule has 0 spiro atoms. The van der Waals surface area contributed by atoms with Crippen molar-refractivity contribution in [1.82, 2.24) is 0 Å². The Morgan fingerprint density at radius 2 is 2.00 bits per heavy atom. The summed E-state index contributed by atoms with van der Waals surface area (Å²) < 4.78 is 1.25. The maximum atomic E-state index is 9.36. The fourth-order valence-electron chi connectivity index (χ4n) is 0.722. The lowest BCUT2D eigenvalue weighted by Crippen LogP contribution is -1.90. The Morgan fingerprint density at radius 3 is 2.55 bits per heavy atom. The van der Waals surface area contributed by atoms with Crippen LogP contribution in [0.1, 0.15) is 5.56 Å². The summed E-state index contributed by atoms with van der Waals surface area (Å²) >= 11 is 6.39. The van der Waals surface area contributed by atoms with Crippen molar-refractivity contribution in [3.05, 3.63) is 20.6 Å². The lowest BCUT2D eigenvalue weighted by atomic mass is 10.2. The lowest BCUT2D eigenvalue weighted by molar-refractivity contribution is 0.468. The molecule has 0 bridgehead atoms. The average molecular weight is 281 g/mol. The topological polar surface area (TPSA) is 46.2 Å². The van der Waals surface area contributed by atoms with Gasteiger partial charge in [0.2, 0.25) is 0 Å². The highest BCUT2D eigenvalue weighted by Crippen LogP contribution is 2.37. The highest BCUT2D eigenvalue weighted by molar-refractivity contribution is 9.11. The minimum Gasteiger partial charge on any atom is -0.506 e. The van der Waals surface area contributed by atoms with Gasteiger partial charge in [-0.25, -0.2) is 0 Å². The molecule has 0 saturated heterocycles. The number of aromatic hydroxyl groups is 1. The molecule has 1 aromatic rings. The molecule has 11 heavy (non-hydrogen) atoms. The summed E-state index contributed by atoms with van der Waals surface area (Å²) in [6, 6.07) is 1.68. The van der Waals surface area contributed by atoms with E-state index in [2.05, 4.69) is 31.9 Å². The molecule has 1 aromatic carbocycles. The Bertz CT molecular complexity index is 273. The van der Waals surface area contributed by atoms with E-state index in [0.717, 1.165) is 5.56 Å². The molecule has 60 valence electrons. The molecule has 2 nitrogen and oxygen atoms in total. The average Bonchev–Trinajstić information content (AvgIpc) is 1.97. The van der Waals surface area contributed by atoms with Crippen molar-refractivity contribution in [3.63, 3.8) is 0 Å². The van der Waals surface area contributed by atoms with Gasteiger partial charge in [0, 0.05) is 5.69 Å². The van der Waals surface area contributed by atoms with Crippen LogP contribution in [-0.2, 0) is 0 Å². The number of benzene rings is 1. The van der Waals surface area contributed by atoms with Gasteiger partial charge in [-0.15, -0.1) is 0 Å². The van der Waals surface area contributed by atoms with Gasteiger partial charge in [-0.3, -0.25) is 0 Å². The van der Waals surface area contributed by atoms with Gasteiger partial charge in [-0.2, -0.15) is 0 Å². The standard InChI is InChI=1S/C7H7Br2NO/c1-3-5(10)2-4(8)7(11)6(3)9/h2,11H,10H2,1H3. The first-order valence-corrected chi connectivity index (χ1v) is 4.55. The highest BCUT2D eigenvalue weighted by Gasteiger charge is 2.08. The molecule has 1 rings (SSSR count). The van der Waals surface area contributed by atoms with Crippen LogP contribution in [0.25, 0.3) is 0 Å². The van der Waals surface area contributed by atoms with Crippen molar-refractivity contribution in [2.75, 3.05) is 5.73 Å². The summed E-state index contributed by atoms with van der Waals surface area (Å²) in [5.74, 6) is 0.191. The minimum atomic E-state index is 0.191. The Labute approximate surface area is 81.7 Å². The van der Waals surface area contributed by atoms with E-state index >= 15 is 0 Å². The number of halogens is 2. The molecule has 4 heteroatoms. The van der Waals surface area contributed by atoms with Crippen molar-refractivity contribution in [2.24, 2.45) is 0 Å². The maximum Gasteiger partial charge on any atom is 0.144 e. The predicted molar refractivity (Wildman–Crippen MR) is 52.7 cm³/mol. The third kappa shape index (κ3) is 1.51. The maximum absolute atomic E-state index is 9.36. The normalized spacial score (nSPS) is 10.1. The van der Waals surface area contributed by atoms with Gasteiger partial charge in [0.1, 0.15) is 5.75 Å². The molecule has 3 N–H and O–H groups in total. The van der Waals surface area contributed by atoms with E-state index in [4.69, 9.17) is 5.73 Å². The Hall–Kier alpha value is -0.220. The van der Waals surface area contributed by atoms with Crippen molar-refractivity contribution < 1.29 is 5.11 Å². The third-order valence-electron chi connectivity index (χ3n) is 1.48. The number of phenols is 1. The van der Waals surface area contributed by atoms with E-state index in [9.17, 15) is 5.11 Å². The van der Waals surface area contributed by atoms with Crippen LogP contribution >= 0.6 is 31.9 Å². The quantitative estimate of drug-likeness (QED) is 0.567. The van der Waals surface area contributed by atoms with E-state index < -0.39 is 0 Å².